The molecule has 0 aromatic carbocycles. The van der Waals surface area contributed by atoms with E-state index in [-0.39, 0.29) is 12.3 Å². The Morgan fingerprint density at radius 2 is 2.29 bits per heavy atom. The van der Waals surface area contributed by atoms with Crippen molar-refractivity contribution in [2.24, 2.45) is 0 Å². The lowest BCUT2D eigenvalue weighted by atomic mass is 10.0. The van der Waals surface area contributed by atoms with E-state index in [1.54, 1.807) is 19.2 Å². The van der Waals surface area contributed by atoms with Crippen molar-refractivity contribution < 1.29 is 19.1 Å². The summed E-state index contributed by atoms with van der Waals surface area (Å²) in [5.74, 6) is -1.16. The van der Waals surface area contributed by atoms with E-state index in [0.717, 1.165) is 0 Å². The summed E-state index contributed by atoms with van der Waals surface area (Å²) in [7, 11) is 0. The molecule has 21 heavy (non-hydrogen) atoms. The minimum atomic E-state index is -1.50. The van der Waals surface area contributed by atoms with Crippen molar-refractivity contribution in [3.8, 4) is 0 Å². The molecule has 0 saturated carbocycles. The number of amides is 1. The van der Waals surface area contributed by atoms with Crippen LogP contribution in [0.4, 0.5) is 0 Å². The van der Waals surface area contributed by atoms with E-state index in [1.165, 1.54) is 23.9 Å². The number of nitrogens with one attached hydrogen (secondary N) is 1. The molecule has 0 saturated heterocycles. The van der Waals surface area contributed by atoms with Crippen LogP contribution in [0.15, 0.2) is 33.4 Å². The van der Waals surface area contributed by atoms with E-state index < -0.39 is 17.4 Å². The van der Waals surface area contributed by atoms with Gasteiger partial charge in [-0.1, -0.05) is 0 Å². The second-order valence-electron chi connectivity index (χ2n) is 4.81. The Morgan fingerprint density at radius 1 is 1.57 bits per heavy atom. The zero-order chi connectivity index (χ0) is 15.6. The maximum Gasteiger partial charge on any atom is 0.331 e. The molecule has 0 aliphatic carbocycles. The number of rotatable bonds is 5. The van der Waals surface area contributed by atoms with Crippen LogP contribution in [0.1, 0.15) is 23.2 Å². The minimum absolute atomic E-state index is 0.00192. The van der Waals surface area contributed by atoms with Gasteiger partial charge < -0.3 is 14.8 Å². The maximum atomic E-state index is 12.1. The van der Waals surface area contributed by atoms with Crippen molar-refractivity contribution >= 4 is 27.8 Å². The molecule has 1 unspecified atom stereocenters. The third kappa shape index (κ3) is 3.33. The van der Waals surface area contributed by atoms with Gasteiger partial charge in [0.1, 0.15) is 5.76 Å². The first kappa shape index (κ1) is 15.3. The first-order valence-electron chi connectivity index (χ1n) is 6.11. The zero-order valence-corrected chi connectivity index (χ0v) is 13.0. The predicted molar refractivity (Wildman–Crippen MR) is 76.9 cm³/mol. The lowest BCUT2D eigenvalue weighted by Crippen LogP contribution is -2.55. The smallest absolute Gasteiger partial charge is 0.331 e. The summed E-state index contributed by atoms with van der Waals surface area (Å²) in [6.07, 6.45) is 3.16. The molecule has 2 heterocycles. The van der Waals surface area contributed by atoms with Gasteiger partial charge in [-0.05, 0) is 35.8 Å². The van der Waals surface area contributed by atoms with Gasteiger partial charge in [0.2, 0.25) is 0 Å². The summed E-state index contributed by atoms with van der Waals surface area (Å²) in [6, 6.07) is 3.18. The second-order valence-corrected chi connectivity index (χ2v) is 5.66. The Balaban J connectivity index is 2.19. The van der Waals surface area contributed by atoms with Crippen molar-refractivity contribution in [2.45, 2.75) is 25.9 Å². The Hall–Kier alpha value is -2.09. The van der Waals surface area contributed by atoms with Crippen LogP contribution >= 0.6 is 15.9 Å². The van der Waals surface area contributed by atoms with Crippen LogP contribution in [0, 0.1) is 6.92 Å². The molecule has 0 fully saturated rings. The van der Waals surface area contributed by atoms with Crippen LogP contribution in [0.2, 0.25) is 0 Å². The molecule has 8 heteroatoms. The second kappa shape index (κ2) is 5.72. The van der Waals surface area contributed by atoms with Gasteiger partial charge in [0.25, 0.3) is 5.91 Å². The minimum Gasteiger partial charge on any atom is -0.479 e. The lowest BCUT2D eigenvalue weighted by molar-refractivity contribution is -0.144. The van der Waals surface area contributed by atoms with E-state index in [4.69, 9.17) is 4.42 Å². The number of nitrogens with zero attached hydrogens (tertiary/aromatic N) is 2. The molecule has 0 aliphatic heterocycles. The predicted octanol–water partition coefficient (Wildman–Crippen LogP) is 1.82. The van der Waals surface area contributed by atoms with Crippen LogP contribution in [-0.2, 0) is 11.3 Å². The summed E-state index contributed by atoms with van der Waals surface area (Å²) < 4.78 is 7.35. The van der Waals surface area contributed by atoms with Crippen molar-refractivity contribution in [1.82, 2.24) is 15.1 Å². The van der Waals surface area contributed by atoms with Gasteiger partial charge in [0.15, 0.2) is 11.3 Å². The molecule has 2 aromatic heterocycles. The lowest BCUT2D eigenvalue weighted by Gasteiger charge is -2.25. The van der Waals surface area contributed by atoms with E-state index >= 15 is 0 Å². The SMILES string of the molecule is Cc1oc(C(=O)NC(C)(Cn2cccn2)C(=O)O)cc1Br. The largest absolute Gasteiger partial charge is 0.479 e. The monoisotopic (exact) mass is 355 g/mol. The first-order valence-corrected chi connectivity index (χ1v) is 6.90. The van der Waals surface area contributed by atoms with Crippen LogP contribution in [0.3, 0.4) is 0 Å². The zero-order valence-electron chi connectivity index (χ0n) is 11.5. The van der Waals surface area contributed by atoms with Crippen LogP contribution in [0.5, 0.6) is 0 Å². The Labute approximate surface area is 129 Å². The van der Waals surface area contributed by atoms with Crippen molar-refractivity contribution in [2.75, 3.05) is 0 Å². The van der Waals surface area contributed by atoms with Gasteiger partial charge in [0, 0.05) is 18.5 Å². The molecule has 1 atom stereocenters. The van der Waals surface area contributed by atoms with Gasteiger partial charge in [-0.3, -0.25) is 9.48 Å². The molecular formula is C13H14BrN3O4. The van der Waals surface area contributed by atoms with E-state index in [2.05, 4.69) is 26.3 Å². The molecule has 7 nitrogen and oxygen atoms in total. The van der Waals surface area contributed by atoms with E-state index in [1.807, 2.05) is 0 Å². The number of furan rings is 1. The standard InChI is InChI=1S/C13H14BrN3O4/c1-8-9(14)6-10(21-8)11(18)16-13(2,12(19)20)7-17-5-3-4-15-17/h3-6H,7H2,1-2H3,(H,16,18)(H,19,20). The summed E-state index contributed by atoms with van der Waals surface area (Å²) in [4.78, 5) is 23.6. The highest BCUT2D eigenvalue weighted by Gasteiger charge is 2.36. The average Bonchev–Trinajstić information content (AvgIpc) is 3.00. The van der Waals surface area contributed by atoms with Crippen molar-refractivity contribution in [3.63, 3.8) is 0 Å². The summed E-state index contributed by atoms with van der Waals surface area (Å²) in [5.41, 5.74) is -1.50. The Morgan fingerprint density at radius 3 is 2.76 bits per heavy atom. The molecule has 2 rings (SSSR count). The number of aromatic nitrogens is 2. The molecule has 2 aromatic rings. The number of aryl methyl sites for hydroxylation is 1. The molecule has 0 radical (unpaired) electrons. The normalized spacial score (nSPS) is 13.7. The number of carbonyl (C=O) groups is 2. The molecule has 2 N–H and O–H groups in total. The van der Waals surface area contributed by atoms with Gasteiger partial charge in [-0.15, -0.1) is 0 Å². The third-order valence-electron chi connectivity index (χ3n) is 2.98. The van der Waals surface area contributed by atoms with Crippen molar-refractivity contribution in [1.29, 1.82) is 0 Å². The molecule has 112 valence electrons. The van der Waals surface area contributed by atoms with Crippen molar-refractivity contribution in [3.05, 3.63) is 40.5 Å². The number of carboxylic acids is 1. The molecular weight excluding hydrogens is 342 g/mol. The van der Waals surface area contributed by atoms with Crippen LogP contribution in [0.25, 0.3) is 0 Å². The number of halogens is 1. The molecule has 0 bridgehead atoms. The number of hydrogen-bond acceptors (Lipinski definition) is 4. The fraction of sp³-hybridized carbons (Fsp3) is 0.308. The van der Waals surface area contributed by atoms with Gasteiger partial charge in [-0.25, -0.2) is 4.79 Å². The third-order valence-corrected chi connectivity index (χ3v) is 3.77. The van der Waals surface area contributed by atoms with Crippen LogP contribution in [-0.4, -0.2) is 32.3 Å². The number of carboxylic acid groups (broad SMARTS) is 1. The van der Waals surface area contributed by atoms with E-state index in [0.29, 0.717) is 10.2 Å². The Bertz CT molecular complexity index is 646. The highest BCUT2D eigenvalue weighted by Crippen LogP contribution is 2.21. The van der Waals surface area contributed by atoms with Gasteiger partial charge in [-0.2, -0.15) is 5.10 Å². The average molecular weight is 356 g/mol. The first-order chi connectivity index (χ1) is 9.82. The fourth-order valence-electron chi connectivity index (χ4n) is 1.76. The van der Waals surface area contributed by atoms with E-state index in [9.17, 15) is 14.7 Å². The van der Waals surface area contributed by atoms with Gasteiger partial charge >= 0.3 is 5.97 Å². The summed E-state index contributed by atoms with van der Waals surface area (Å²) in [5, 5.41) is 15.8. The highest BCUT2D eigenvalue weighted by molar-refractivity contribution is 9.10. The quantitative estimate of drug-likeness (QED) is 0.852. The number of carbonyl (C=O) groups excluding carboxylic acids is 1. The van der Waals surface area contributed by atoms with Gasteiger partial charge in [0.05, 0.1) is 11.0 Å². The number of hydrogen-bond donors (Lipinski definition) is 2. The summed E-state index contributed by atoms with van der Waals surface area (Å²) >= 11 is 3.24. The number of aliphatic carboxylic acids is 1. The van der Waals surface area contributed by atoms with Crippen LogP contribution < -0.4 is 5.32 Å². The fourth-order valence-corrected chi connectivity index (χ4v) is 2.05. The topological polar surface area (TPSA) is 97.4 Å². The Kier molecular flexibility index (Phi) is 4.17. The highest BCUT2D eigenvalue weighted by atomic mass is 79.9. The molecule has 1 amide bonds. The molecule has 0 aliphatic rings. The molecule has 0 spiro atoms. The maximum absolute atomic E-state index is 12.1. The summed E-state index contributed by atoms with van der Waals surface area (Å²) in [6.45, 7) is 3.11.